The van der Waals surface area contributed by atoms with Crippen LogP contribution < -0.4 is 5.73 Å². The number of ketones is 1. The Bertz CT molecular complexity index is 388. The van der Waals surface area contributed by atoms with Gasteiger partial charge in [-0.15, -0.1) is 0 Å². The van der Waals surface area contributed by atoms with Crippen LogP contribution >= 0.6 is 0 Å². The number of aromatic nitrogens is 1. The molecule has 18 heavy (non-hydrogen) atoms. The van der Waals surface area contributed by atoms with Crippen molar-refractivity contribution in [1.82, 2.24) is 4.98 Å². The van der Waals surface area contributed by atoms with Gasteiger partial charge in [0.1, 0.15) is 0 Å². The largest absolute Gasteiger partial charge is 0.330 e. The second kappa shape index (κ2) is 7.27. The van der Waals surface area contributed by atoms with E-state index in [1.54, 1.807) is 12.4 Å². The fraction of sp³-hybridized carbons (Fsp3) is 0.600. The Hall–Kier alpha value is -1.22. The smallest absolute Gasteiger partial charge is 0.164 e. The molecule has 2 N–H and O–H groups in total. The lowest BCUT2D eigenvalue weighted by Crippen LogP contribution is -2.16. The molecule has 0 bridgehead atoms. The molecule has 0 saturated heterocycles. The molecule has 1 aromatic rings. The van der Waals surface area contributed by atoms with Crippen LogP contribution in [0, 0.1) is 18.8 Å². The van der Waals surface area contributed by atoms with Crippen molar-refractivity contribution in [2.75, 3.05) is 6.54 Å². The number of carbonyl (C=O) groups excluding carboxylic acids is 1. The van der Waals surface area contributed by atoms with Crippen LogP contribution in [0.5, 0.6) is 0 Å². The van der Waals surface area contributed by atoms with E-state index in [4.69, 9.17) is 5.73 Å². The fourth-order valence-corrected chi connectivity index (χ4v) is 2.19. The number of carbonyl (C=O) groups is 1. The maximum absolute atomic E-state index is 12.1. The molecule has 3 nitrogen and oxygen atoms in total. The van der Waals surface area contributed by atoms with Crippen molar-refractivity contribution in [2.24, 2.45) is 17.6 Å². The zero-order chi connectivity index (χ0) is 13.5. The zero-order valence-corrected chi connectivity index (χ0v) is 11.6. The third-order valence-electron chi connectivity index (χ3n) is 3.42. The van der Waals surface area contributed by atoms with Gasteiger partial charge in [-0.25, -0.2) is 0 Å². The van der Waals surface area contributed by atoms with E-state index in [1.165, 1.54) is 0 Å². The van der Waals surface area contributed by atoms with E-state index in [0.717, 1.165) is 24.0 Å². The predicted octanol–water partition coefficient (Wildman–Crippen LogP) is 2.97. The van der Waals surface area contributed by atoms with E-state index in [0.29, 0.717) is 24.8 Å². The summed E-state index contributed by atoms with van der Waals surface area (Å²) in [5, 5.41) is 0. The average molecular weight is 248 g/mol. The summed E-state index contributed by atoms with van der Waals surface area (Å²) >= 11 is 0. The monoisotopic (exact) mass is 248 g/mol. The van der Waals surface area contributed by atoms with Crippen LogP contribution in [0.1, 0.15) is 49.0 Å². The Balaban J connectivity index is 2.54. The molecule has 0 aliphatic rings. The number of hydrogen-bond acceptors (Lipinski definition) is 3. The van der Waals surface area contributed by atoms with Crippen molar-refractivity contribution in [3.63, 3.8) is 0 Å². The van der Waals surface area contributed by atoms with Crippen LogP contribution in [0.25, 0.3) is 0 Å². The van der Waals surface area contributed by atoms with Crippen LogP contribution in [0.15, 0.2) is 18.5 Å². The second-order valence-electron chi connectivity index (χ2n) is 5.29. The quantitative estimate of drug-likeness (QED) is 0.755. The van der Waals surface area contributed by atoms with Gasteiger partial charge in [0.2, 0.25) is 0 Å². The first kappa shape index (κ1) is 14.8. The van der Waals surface area contributed by atoms with Crippen molar-refractivity contribution in [3.8, 4) is 0 Å². The van der Waals surface area contributed by atoms with Crippen molar-refractivity contribution in [2.45, 2.75) is 40.0 Å². The summed E-state index contributed by atoms with van der Waals surface area (Å²) in [4.78, 5) is 16.1. The minimum atomic E-state index is 0.189. The SMILES string of the molecule is Cc1cncc(C(=O)CCC(CCN)C(C)C)c1. The minimum Gasteiger partial charge on any atom is -0.330 e. The molecule has 1 rings (SSSR count). The van der Waals surface area contributed by atoms with Crippen LogP contribution in [0.4, 0.5) is 0 Å². The molecule has 0 amide bonds. The molecule has 1 aromatic heterocycles. The van der Waals surface area contributed by atoms with Crippen molar-refractivity contribution >= 4 is 5.78 Å². The molecule has 3 heteroatoms. The summed E-state index contributed by atoms with van der Waals surface area (Å²) in [5.41, 5.74) is 7.37. The third kappa shape index (κ3) is 4.57. The van der Waals surface area contributed by atoms with Crippen LogP contribution in [0.2, 0.25) is 0 Å². The van der Waals surface area contributed by atoms with Crippen LogP contribution in [-0.4, -0.2) is 17.3 Å². The van der Waals surface area contributed by atoms with E-state index in [9.17, 15) is 4.79 Å². The van der Waals surface area contributed by atoms with Crippen LogP contribution in [-0.2, 0) is 0 Å². The first-order valence-electron chi connectivity index (χ1n) is 6.69. The lowest BCUT2D eigenvalue weighted by molar-refractivity contribution is 0.0968. The Kier molecular flexibility index (Phi) is 5.99. The Labute approximate surface area is 110 Å². The van der Waals surface area contributed by atoms with Gasteiger partial charge >= 0.3 is 0 Å². The van der Waals surface area contributed by atoms with Crippen molar-refractivity contribution < 1.29 is 4.79 Å². The van der Waals surface area contributed by atoms with Gasteiger partial charge in [-0.05, 0) is 49.8 Å². The maximum Gasteiger partial charge on any atom is 0.164 e. The summed E-state index contributed by atoms with van der Waals surface area (Å²) < 4.78 is 0. The lowest BCUT2D eigenvalue weighted by atomic mass is 9.87. The van der Waals surface area contributed by atoms with Gasteiger partial charge in [-0.2, -0.15) is 0 Å². The number of nitrogens with zero attached hydrogens (tertiary/aromatic N) is 1. The number of pyridine rings is 1. The van der Waals surface area contributed by atoms with Gasteiger partial charge < -0.3 is 5.73 Å². The standard InChI is InChI=1S/C15H24N2O/c1-11(2)13(6-7-16)4-5-15(18)14-8-12(3)9-17-10-14/h8-11,13H,4-7,16H2,1-3H3. The average Bonchev–Trinajstić information content (AvgIpc) is 2.33. The molecular formula is C15H24N2O. The maximum atomic E-state index is 12.1. The van der Waals surface area contributed by atoms with Gasteiger partial charge in [-0.3, -0.25) is 9.78 Å². The molecule has 0 saturated carbocycles. The van der Waals surface area contributed by atoms with Gasteiger partial charge in [-0.1, -0.05) is 13.8 Å². The topological polar surface area (TPSA) is 56.0 Å². The molecular weight excluding hydrogens is 224 g/mol. The highest BCUT2D eigenvalue weighted by molar-refractivity contribution is 5.95. The third-order valence-corrected chi connectivity index (χ3v) is 3.42. The molecule has 100 valence electrons. The number of rotatable bonds is 7. The Morgan fingerprint density at radius 2 is 2.06 bits per heavy atom. The van der Waals surface area contributed by atoms with E-state index >= 15 is 0 Å². The first-order valence-corrected chi connectivity index (χ1v) is 6.69. The lowest BCUT2D eigenvalue weighted by Gasteiger charge is -2.19. The van der Waals surface area contributed by atoms with E-state index in [-0.39, 0.29) is 5.78 Å². The molecule has 0 aromatic carbocycles. The highest BCUT2D eigenvalue weighted by atomic mass is 16.1. The summed E-state index contributed by atoms with van der Waals surface area (Å²) in [5.74, 6) is 1.31. The van der Waals surface area contributed by atoms with E-state index in [2.05, 4.69) is 18.8 Å². The van der Waals surface area contributed by atoms with Gasteiger partial charge in [0.25, 0.3) is 0 Å². The van der Waals surface area contributed by atoms with Gasteiger partial charge in [0, 0.05) is 24.4 Å². The van der Waals surface area contributed by atoms with Gasteiger partial charge in [0.15, 0.2) is 5.78 Å². The zero-order valence-electron chi connectivity index (χ0n) is 11.6. The normalized spacial score (nSPS) is 12.7. The molecule has 0 spiro atoms. The fourth-order valence-electron chi connectivity index (χ4n) is 2.19. The Morgan fingerprint density at radius 3 is 2.61 bits per heavy atom. The molecule has 1 heterocycles. The first-order chi connectivity index (χ1) is 8.54. The summed E-state index contributed by atoms with van der Waals surface area (Å²) in [6.07, 6.45) is 5.93. The van der Waals surface area contributed by atoms with Crippen LogP contribution in [0.3, 0.4) is 0 Å². The summed E-state index contributed by atoms with van der Waals surface area (Å²) in [6, 6.07) is 1.91. The van der Waals surface area contributed by atoms with E-state index in [1.807, 2.05) is 13.0 Å². The second-order valence-corrected chi connectivity index (χ2v) is 5.29. The number of hydrogen-bond donors (Lipinski definition) is 1. The number of aryl methyl sites for hydroxylation is 1. The molecule has 1 unspecified atom stereocenters. The van der Waals surface area contributed by atoms with Crippen molar-refractivity contribution in [1.29, 1.82) is 0 Å². The summed E-state index contributed by atoms with van der Waals surface area (Å²) in [6.45, 7) is 7.04. The Morgan fingerprint density at radius 1 is 1.33 bits per heavy atom. The highest BCUT2D eigenvalue weighted by Crippen LogP contribution is 2.21. The van der Waals surface area contributed by atoms with Gasteiger partial charge in [0.05, 0.1) is 0 Å². The molecule has 0 aliphatic heterocycles. The minimum absolute atomic E-state index is 0.189. The summed E-state index contributed by atoms with van der Waals surface area (Å²) in [7, 11) is 0. The molecule has 1 atom stereocenters. The number of nitrogens with two attached hydrogens (primary N) is 1. The molecule has 0 radical (unpaired) electrons. The predicted molar refractivity (Wildman–Crippen MR) is 74.5 cm³/mol. The van der Waals surface area contributed by atoms with E-state index < -0.39 is 0 Å². The number of Topliss-reactive ketones (excluding diaryl/α,β-unsaturated/α-hetero) is 1. The molecule has 0 aliphatic carbocycles. The highest BCUT2D eigenvalue weighted by Gasteiger charge is 2.15. The van der Waals surface area contributed by atoms with Crippen molar-refractivity contribution in [3.05, 3.63) is 29.6 Å². The molecule has 0 fully saturated rings.